The van der Waals surface area contributed by atoms with Crippen LogP contribution in [0.4, 0.5) is 5.69 Å². The van der Waals surface area contributed by atoms with Gasteiger partial charge in [-0.2, -0.15) is 0 Å². The molecule has 1 fully saturated rings. The van der Waals surface area contributed by atoms with Crippen LogP contribution in [0.25, 0.3) is 0 Å². The summed E-state index contributed by atoms with van der Waals surface area (Å²) in [4.78, 5) is 28.8. The summed E-state index contributed by atoms with van der Waals surface area (Å²) in [5, 5.41) is 4.01. The van der Waals surface area contributed by atoms with Gasteiger partial charge in [0.2, 0.25) is 21.8 Å². The van der Waals surface area contributed by atoms with Gasteiger partial charge in [0.15, 0.2) is 0 Å². The van der Waals surface area contributed by atoms with E-state index < -0.39 is 16.1 Å². The standard InChI is InChI=1S/C30H41Cl2N3O4S/c1-5-27(30(37)33-23-11-7-6-8-12-23)34(20-24-25(31)13-9-14-26(24)32)29(36)15-10-18-35(40(4,38)39)28-19-21(2)16-17-22(28)3/h9,13-14,16-17,19,23,27H,5-8,10-12,15,18,20H2,1-4H3,(H,33,37)/t27-/m0/s1. The molecule has 2 aromatic carbocycles. The largest absolute Gasteiger partial charge is 0.352 e. The number of nitrogens with one attached hydrogen (secondary N) is 1. The van der Waals surface area contributed by atoms with Crippen LogP contribution in [0.3, 0.4) is 0 Å². The number of carbonyl (C=O) groups is 2. The van der Waals surface area contributed by atoms with Crippen molar-refractivity contribution in [1.29, 1.82) is 0 Å². The molecular weight excluding hydrogens is 569 g/mol. The van der Waals surface area contributed by atoms with Crippen LogP contribution in [-0.4, -0.2) is 50.0 Å². The highest BCUT2D eigenvalue weighted by molar-refractivity contribution is 7.92. The molecule has 0 spiro atoms. The molecule has 3 rings (SSSR count). The second kappa shape index (κ2) is 14.6. The van der Waals surface area contributed by atoms with E-state index in [4.69, 9.17) is 23.2 Å². The molecule has 1 saturated carbocycles. The minimum Gasteiger partial charge on any atom is -0.352 e. The number of rotatable bonds is 12. The number of anilines is 1. The number of hydrogen-bond donors (Lipinski definition) is 1. The lowest BCUT2D eigenvalue weighted by atomic mass is 9.95. The molecule has 0 unspecified atom stereocenters. The van der Waals surface area contributed by atoms with Gasteiger partial charge in [-0.3, -0.25) is 13.9 Å². The Morgan fingerprint density at radius 1 is 1.05 bits per heavy atom. The lowest BCUT2D eigenvalue weighted by Crippen LogP contribution is -2.51. The maximum atomic E-state index is 13.7. The lowest BCUT2D eigenvalue weighted by molar-refractivity contribution is -0.141. The van der Waals surface area contributed by atoms with Crippen molar-refractivity contribution in [2.24, 2.45) is 0 Å². The summed E-state index contributed by atoms with van der Waals surface area (Å²) in [7, 11) is -3.58. The number of benzene rings is 2. The summed E-state index contributed by atoms with van der Waals surface area (Å²) in [6.07, 6.45) is 7.14. The van der Waals surface area contributed by atoms with Gasteiger partial charge in [-0.05, 0) is 68.9 Å². The first kappa shape index (κ1) is 32.2. The highest BCUT2D eigenvalue weighted by Gasteiger charge is 2.31. The van der Waals surface area contributed by atoms with Gasteiger partial charge in [-0.15, -0.1) is 0 Å². The molecule has 0 heterocycles. The fourth-order valence-electron chi connectivity index (χ4n) is 5.29. The Bertz CT molecular complexity index is 1280. The van der Waals surface area contributed by atoms with E-state index in [2.05, 4.69) is 5.32 Å². The Balaban J connectivity index is 1.82. The van der Waals surface area contributed by atoms with Crippen molar-refractivity contribution in [1.82, 2.24) is 10.2 Å². The number of carbonyl (C=O) groups excluding carboxylic acids is 2. The van der Waals surface area contributed by atoms with Crippen LogP contribution in [0, 0.1) is 13.8 Å². The molecule has 1 N–H and O–H groups in total. The average molecular weight is 611 g/mol. The second-order valence-electron chi connectivity index (χ2n) is 10.7. The first-order valence-corrected chi connectivity index (χ1v) is 16.6. The highest BCUT2D eigenvalue weighted by Crippen LogP contribution is 2.28. The van der Waals surface area contributed by atoms with Crippen molar-refractivity contribution in [3.05, 3.63) is 63.1 Å². The van der Waals surface area contributed by atoms with Gasteiger partial charge in [-0.1, -0.05) is 67.6 Å². The maximum absolute atomic E-state index is 13.7. The molecule has 1 aliphatic rings. The predicted molar refractivity (Wildman–Crippen MR) is 163 cm³/mol. The molecule has 7 nitrogen and oxygen atoms in total. The zero-order chi connectivity index (χ0) is 29.4. The van der Waals surface area contributed by atoms with Crippen LogP contribution in [0.2, 0.25) is 10.0 Å². The Labute approximate surface area is 249 Å². The molecule has 1 atom stereocenters. The van der Waals surface area contributed by atoms with Crippen molar-refractivity contribution in [2.75, 3.05) is 17.1 Å². The average Bonchev–Trinajstić information content (AvgIpc) is 2.89. The molecule has 40 heavy (non-hydrogen) atoms. The van der Waals surface area contributed by atoms with Crippen molar-refractivity contribution in [2.45, 2.75) is 90.8 Å². The zero-order valence-electron chi connectivity index (χ0n) is 23.9. The molecule has 0 aliphatic heterocycles. The van der Waals surface area contributed by atoms with Gasteiger partial charge in [0.05, 0.1) is 11.9 Å². The van der Waals surface area contributed by atoms with E-state index in [1.807, 2.05) is 39.0 Å². The normalized spacial score (nSPS) is 14.9. The van der Waals surface area contributed by atoms with E-state index in [1.165, 1.54) is 17.0 Å². The van der Waals surface area contributed by atoms with Crippen molar-refractivity contribution < 1.29 is 18.0 Å². The Morgan fingerprint density at radius 2 is 1.70 bits per heavy atom. The molecule has 1 aliphatic carbocycles. The quantitative estimate of drug-likeness (QED) is 0.301. The van der Waals surface area contributed by atoms with E-state index in [9.17, 15) is 18.0 Å². The summed E-state index contributed by atoms with van der Waals surface area (Å²) < 4.78 is 26.8. The van der Waals surface area contributed by atoms with Crippen LogP contribution in [-0.2, 0) is 26.2 Å². The van der Waals surface area contributed by atoms with E-state index >= 15 is 0 Å². The van der Waals surface area contributed by atoms with Crippen molar-refractivity contribution >= 4 is 50.7 Å². The Morgan fingerprint density at radius 3 is 2.30 bits per heavy atom. The summed E-state index contributed by atoms with van der Waals surface area (Å²) in [6, 6.07) is 10.2. The summed E-state index contributed by atoms with van der Waals surface area (Å²) in [5.74, 6) is -0.435. The molecule has 0 bridgehead atoms. The fourth-order valence-corrected chi connectivity index (χ4v) is 6.82. The molecule has 220 valence electrons. The topological polar surface area (TPSA) is 86.8 Å². The summed E-state index contributed by atoms with van der Waals surface area (Å²) >= 11 is 12.9. The van der Waals surface area contributed by atoms with Crippen LogP contribution >= 0.6 is 23.2 Å². The zero-order valence-corrected chi connectivity index (χ0v) is 26.2. The third kappa shape index (κ3) is 8.60. The molecule has 0 saturated heterocycles. The molecule has 10 heteroatoms. The van der Waals surface area contributed by atoms with Gasteiger partial charge in [0.25, 0.3) is 0 Å². The number of nitrogens with zero attached hydrogens (tertiary/aromatic N) is 2. The number of halogens is 2. The molecule has 0 aromatic heterocycles. The monoisotopic (exact) mass is 609 g/mol. The van der Waals surface area contributed by atoms with Gasteiger partial charge < -0.3 is 10.2 Å². The molecule has 2 amide bonds. The van der Waals surface area contributed by atoms with Crippen LogP contribution in [0.1, 0.15) is 75.0 Å². The highest BCUT2D eigenvalue weighted by atomic mass is 35.5. The number of aryl methyl sites for hydroxylation is 2. The fraction of sp³-hybridized carbons (Fsp3) is 0.533. The SMILES string of the molecule is CC[C@@H](C(=O)NC1CCCCC1)N(Cc1c(Cl)cccc1Cl)C(=O)CCCN(c1cc(C)ccc1C)S(C)(=O)=O. The van der Waals surface area contributed by atoms with Gasteiger partial charge >= 0.3 is 0 Å². The minimum atomic E-state index is -3.58. The third-order valence-corrected chi connectivity index (χ3v) is 9.40. The number of sulfonamides is 1. The smallest absolute Gasteiger partial charge is 0.243 e. The van der Waals surface area contributed by atoms with E-state index in [1.54, 1.807) is 23.1 Å². The molecule has 0 radical (unpaired) electrons. The first-order valence-electron chi connectivity index (χ1n) is 14.0. The van der Waals surface area contributed by atoms with E-state index in [0.29, 0.717) is 27.7 Å². The first-order chi connectivity index (χ1) is 18.9. The second-order valence-corrected chi connectivity index (χ2v) is 13.4. The van der Waals surface area contributed by atoms with Crippen LogP contribution in [0.5, 0.6) is 0 Å². The maximum Gasteiger partial charge on any atom is 0.243 e. The van der Waals surface area contributed by atoms with Gasteiger partial charge in [-0.25, -0.2) is 8.42 Å². The van der Waals surface area contributed by atoms with Crippen molar-refractivity contribution in [3.8, 4) is 0 Å². The molecule has 2 aromatic rings. The minimum absolute atomic E-state index is 0.0617. The number of hydrogen-bond acceptors (Lipinski definition) is 4. The Hall–Kier alpha value is -2.29. The van der Waals surface area contributed by atoms with E-state index in [-0.39, 0.29) is 43.8 Å². The molecular formula is C30H41Cl2N3O4S. The lowest BCUT2D eigenvalue weighted by Gasteiger charge is -2.33. The Kier molecular flexibility index (Phi) is 11.7. The van der Waals surface area contributed by atoms with Gasteiger partial charge in [0.1, 0.15) is 6.04 Å². The number of amides is 2. The van der Waals surface area contributed by atoms with Gasteiger partial charge in [0, 0.05) is 41.2 Å². The third-order valence-electron chi connectivity index (χ3n) is 7.51. The van der Waals surface area contributed by atoms with E-state index in [0.717, 1.165) is 36.8 Å². The van der Waals surface area contributed by atoms with Crippen LogP contribution < -0.4 is 9.62 Å². The van der Waals surface area contributed by atoms with Crippen molar-refractivity contribution in [3.63, 3.8) is 0 Å². The summed E-state index contributed by atoms with van der Waals surface area (Å²) in [5.41, 5.74) is 2.97. The van der Waals surface area contributed by atoms with Crippen LogP contribution in [0.15, 0.2) is 36.4 Å². The predicted octanol–water partition coefficient (Wildman–Crippen LogP) is 6.41. The summed E-state index contributed by atoms with van der Waals surface area (Å²) in [6.45, 7) is 5.88.